The first-order valence-corrected chi connectivity index (χ1v) is 8.84. The van der Waals surface area contributed by atoms with Gasteiger partial charge in [0.1, 0.15) is 0 Å². The molecule has 1 aromatic carbocycles. The number of anilines is 1. The minimum Gasteiger partial charge on any atom is -0.347 e. The zero-order chi connectivity index (χ0) is 18.4. The fourth-order valence-corrected chi connectivity index (χ4v) is 2.96. The number of piperidine rings is 1. The van der Waals surface area contributed by atoms with Crippen LogP contribution in [0.4, 0.5) is 5.95 Å². The van der Waals surface area contributed by atoms with Crippen LogP contribution in [0.3, 0.4) is 0 Å². The minimum atomic E-state index is -0.321. The number of hydrogen-bond donors (Lipinski definition) is 3. The molecule has 1 saturated heterocycles. The van der Waals surface area contributed by atoms with Crippen molar-refractivity contribution in [3.05, 3.63) is 41.7 Å². The summed E-state index contributed by atoms with van der Waals surface area (Å²) in [6.45, 7) is 1.82. The van der Waals surface area contributed by atoms with Crippen molar-refractivity contribution < 1.29 is 9.59 Å². The summed E-state index contributed by atoms with van der Waals surface area (Å²) in [6, 6.07) is 9.41. The number of halogens is 1. The molecule has 0 unspecified atom stereocenters. The third kappa shape index (κ3) is 6.04. The molecule has 3 N–H and O–H groups in total. The van der Waals surface area contributed by atoms with Gasteiger partial charge in [-0.3, -0.25) is 14.9 Å². The van der Waals surface area contributed by atoms with Crippen LogP contribution >= 0.6 is 12.4 Å². The number of nitrogens with zero attached hydrogens (tertiary/aromatic N) is 3. The van der Waals surface area contributed by atoms with Crippen LogP contribution in [0.25, 0.3) is 0 Å². The predicted octanol–water partition coefficient (Wildman–Crippen LogP) is 1.00. The maximum Gasteiger partial charge on any atom is 0.246 e. The van der Waals surface area contributed by atoms with Crippen LogP contribution < -0.4 is 16.0 Å². The van der Waals surface area contributed by atoms with Crippen molar-refractivity contribution in [3.8, 4) is 0 Å². The maximum absolute atomic E-state index is 12.1. The van der Waals surface area contributed by atoms with Gasteiger partial charge in [-0.05, 0) is 31.5 Å². The lowest BCUT2D eigenvalue weighted by atomic mass is 9.98. The number of rotatable bonds is 6. The number of amides is 2. The lowest BCUT2D eigenvalue weighted by molar-refractivity contribution is -0.123. The number of aryl methyl sites for hydroxylation is 1. The second-order valence-electron chi connectivity index (χ2n) is 6.43. The number of hydrogen-bond acceptors (Lipinski definition) is 5. The van der Waals surface area contributed by atoms with Crippen LogP contribution in [0.1, 0.15) is 30.1 Å². The SMILES string of the molecule is Cl.Cn1nc(C2CCNCC2)nc1NC(=O)CNC(=O)Cc1ccccc1. The van der Waals surface area contributed by atoms with Crippen LogP contribution in [-0.4, -0.2) is 46.2 Å². The van der Waals surface area contributed by atoms with Gasteiger partial charge in [0.2, 0.25) is 17.8 Å². The molecule has 0 aliphatic carbocycles. The number of nitrogens with one attached hydrogen (secondary N) is 3. The Morgan fingerprint density at radius 3 is 2.59 bits per heavy atom. The molecule has 3 rings (SSSR count). The highest BCUT2D eigenvalue weighted by Gasteiger charge is 2.21. The van der Waals surface area contributed by atoms with Gasteiger partial charge in [-0.25, -0.2) is 4.68 Å². The van der Waals surface area contributed by atoms with Gasteiger partial charge >= 0.3 is 0 Å². The summed E-state index contributed by atoms with van der Waals surface area (Å²) < 4.78 is 1.57. The third-order valence-electron chi connectivity index (χ3n) is 4.39. The quantitative estimate of drug-likeness (QED) is 0.680. The molecular weight excluding hydrogens is 368 g/mol. The molecule has 1 aliphatic rings. The molecule has 0 saturated carbocycles. The zero-order valence-corrected chi connectivity index (χ0v) is 16.1. The lowest BCUT2D eigenvalue weighted by Gasteiger charge is -2.19. The van der Waals surface area contributed by atoms with E-state index in [0.29, 0.717) is 11.9 Å². The molecule has 0 atom stereocenters. The summed E-state index contributed by atoms with van der Waals surface area (Å²) in [7, 11) is 1.75. The summed E-state index contributed by atoms with van der Waals surface area (Å²) in [5.41, 5.74) is 0.908. The molecule has 146 valence electrons. The maximum atomic E-state index is 12.1. The topological polar surface area (TPSA) is 101 Å². The van der Waals surface area contributed by atoms with E-state index in [1.54, 1.807) is 11.7 Å². The molecule has 0 spiro atoms. The zero-order valence-electron chi connectivity index (χ0n) is 15.3. The normalized spacial score (nSPS) is 14.3. The lowest BCUT2D eigenvalue weighted by Crippen LogP contribution is -2.34. The minimum absolute atomic E-state index is 0. The summed E-state index contributed by atoms with van der Waals surface area (Å²) in [5.74, 6) is 0.968. The highest BCUT2D eigenvalue weighted by Crippen LogP contribution is 2.23. The molecule has 0 radical (unpaired) electrons. The Morgan fingerprint density at radius 1 is 1.19 bits per heavy atom. The van der Waals surface area contributed by atoms with E-state index in [1.807, 2.05) is 30.3 Å². The van der Waals surface area contributed by atoms with E-state index in [-0.39, 0.29) is 37.2 Å². The third-order valence-corrected chi connectivity index (χ3v) is 4.39. The monoisotopic (exact) mass is 392 g/mol. The van der Waals surface area contributed by atoms with Crippen LogP contribution in [0.2, 0.25) is 0 Å². The summed E-state index contributed by atoms with van der Waals surface area (Å²) >= 11 is 0. The summed E-state index contributed by atoms with van der Waals surface area (Å²) in [6.07, 6.45) is 2.23. The number of carbonyl (C=O) groups is 2. The van der Waals surface area contributed by atoms with Crippen LogP contribution in [-0.2, 0) is 23.1 Å². The van der Waals surface area contributed by atoms with Crippen molar-refractivity contribution in [3.63, 3.8) is 0 Å². The molecule has 2 heterocycles. The van der Waals surface area contributed by atoms with Gasteiger partial charge in [-0.2, -0.15) is 10.1 Å². The van der Waals surface area contributed by atoms with E-state index in [0.717, 1.165) is 37.3 Å². The Kier molecular flexibility index (Phi) is 7.75. The van der Waals surface area contributed by atoms with Crippen molar-refractivity contribution in [1.29, 1.82) is 0 Å². The van der Waals surface area contributed by atoms with Gasteiger partial charge in [0.05, 0.1) is 13.0 Å². The molecular formula is C18H25ClN6O2. The molecule has 1 fully saturated rings. The number of carbonyl (C=O) groups excluding carboxylic acids is 2. The number of benzene rings is 1. The fraction of sp³-hybridized carbons (Fsp3) is 0.444. The van der Waals surface area contributed by atoms with Crippen LogP contribution in [0.5, 0.6) is 0 Å². The van der Waals surface area contributed by atoms with Gasteiger partial charge in [0.15, 0.2) is 5.82 Å². The Labute approximate surface area is 164 Å². The highest BCUT2D eigenvalue weighted by atomic mass is 35.5. The van der Waals surface area contributed by atoms with Crippen molar-refractivity contribution in [1.82, 2.24) is 25.4 Å². The van der Waals surface area contributed by atoms with Gasteiger partial charge in [-0.1, -0.05) is 30.3 Å². The molecule has 2 amide bonds. The first-order valence-electron chi connectivity index (χ1n) is 8.84. The summed E-state index contributed by atoms with van der Waals surface area (Å²) in [4.78, 5) is 28.5. The van der Waals surface area contributed by atoms with Crippen molar-refractivity contribution in [2.24, 2.45) is 7.05 Å². The average Bonchev–Trinajstić information content (AvgIpc) is 3.02. The van der Waals surface area contributed by atoms with Crippen LogP contribution in [0, 0.1) is 0 Å². The number of aromatic nitrogens is 3. The Bertz CT molecular complexity index is 758. The standard InChI is InChI=1S/C18H24N6O2.ClH/c1-24-18(22-17(23-24)14-7-9-19-10-8-14)21-16(26)12-20-15(25)11-13-5-3-2-4-6-13;/h2-6,14,19H,7-12H2,1H3,(H,20,25)(H,21,22,23,26);1H. The molecule has 8 nitrogen and oxygen atoms in total. The summed E-state index contributed by atoms with van der Waals surface area (Å²) in [5, 5.41) is 13.1. The van der Waals surface area contributed by atoms with Crippen molar-refractivity contribution in [2.45, 2.75) is 25.2 Å². The van der Waals surface area contributed by atoms with Crippen molar-refractivity contribution >= 4 is 30.2 Å². The van der Waals surface area contributed by atoms with E-state index >= 15 is 0 Å². The smallest absolute Gasteiger partial charge is 0.246 e. The van der Waals surface area contributed by atoms with E-state index in [9.17, 15) is 9.59 Å². The molecule has 2 aromatic rings. The largest absolute Gasteiger partial charge is 0.347 e. The average molecular weight is 393 g/mol. The molecule has 0 bridgehead atoms. The molecule has 27 heavy (non-hydrogen) atoms. The van der Waals surface area contributed by atoms with E-state index in [2.05, 4.69) is 26.0 Å². The first-order chi connectivity index (χ1) is 12.6. The molecule has 9 heteroatoms. The second-order valence-corrected chi connectivity index (χ2v) is 6.43. The second kappa shape index (κ2) is 10.0. The Balaban J connectivity index is 0.00000261. The van der Waals surface area contributed by atoms with Gasteiger partial charge < -0.3 is 10.6 Å². The Morgan fingerprint density at radius 2 is 1.89 bits per heavy atom. The molecule has 1 aromatic heterocycles. The van der Waals surface area contributed by atoms with Crippen LogP contribution in [0.15, 0.2) is 30.3 Å². The highest BCUT2D eigenvalue weighted by molar-refractivity contribution is 5.93. The predicted molar refractivity (Wildman–Crippen MR) is 105 cm³/mol. The van der Waals surface area contributed by atoms with Gasteiger partial charge in [0, 0.05) is 13.0 Å². The van der Waals surface area contributed by atoms with E-state index in [1.165, 1.54) is 0 Å². The van der Waals surface area contributed by atoms with Gasteiger partial charge in [0.25, 0.3) is 0 Å². The first kappa shape index (κ1) is 20.9. The van der Waals surface area contributed by atoms with Crippen molar-refractivity contribution in [2.75, 3.05) is 25.0 Å². The fourth-order valence-electron chi connectivity index (χ4n) is 2.96. The Hall–Kier alpha value is -2.45. The van der Waals surface area contributed by atoms with Gasteiger partial charge in [-0.15, -0.1) is 12.4 Å². The van der Waals surface area contributed by atoms with E-state index < -0.39 is 0 Å². The van der Waals surface area contributed by atoms with E-state index in [4.69, 9.17) is 0 Å². The molecule has 1 aliphatic heterocycles.